The van der Waals surface area contributed by atoms with Crippen molar-refractivity contribution in [2.24, 2.45) is 4.99 Å². The Morgan fingerprint density at radius 3 is 2.54 bits per heavy atom. The summed E-state index contributed by atoms with van der Waals surface area (Å²) in [5.74, 6) is 1.77. The van der Waals surface area contributed by atoms with Gasteiger partial charge in [-0.25, -0.2) is 0 Å². The maximum Gasteiger partial charge on any atom is 0.194 e. The number of hydrogen-bond acceptors (Lipinski definition) is 4. The third-order valence-corrected chi connectivity index (χ3v) is 5.03. The number of nitrogens with one attached hydrogen (secondary N) is 1. The molecule has 28 heavy (non-hydrogen) atoms. The van der Waals surface area contributed by atoms with Crippen LogP contribution in [0.4, 0.5) is 5.69 Å². The summed E-state index contributed by atoms with van der Waals surface area (Å²) in [6.07, 6.45) is 0. The van der Waals surface area contributed by atoms with Gasteiger partial charge in [-0.3, -0.25) is 4.99 Å². The number of guanidine groups is 1. The van der Waals surface area contributed by atoms with E-state index in [1.807, 2.05) is 24.3 Å². The number of ether oxygens (including phenoxy) is 1. The van der Waals surface area contributed by atoms with Gasteiger partial charge in [0, 0.05) is 45.3 Å². The molecule has 0 amide bonds. The number of phenols is 1. The van der Waals surface area contributed by atoms with Crippen LogP contribution >= 0.6 is 35.6 Å². The average Bonchev–Trinajstić information content (AvgIpc) is 2.70. The summed E-state index contributed by atoms with van der Waals surface area (Å²) in [5.41, 5.74) is 1.84. The summed E-state index contributed by atoms with van der Waals surface area (Å²) in [5, 5.41) is 14.2. The third-order valence-electron chi connectivity index (χ3n) is 4.71. The van der Waals surface area contributed by atoms with Gasteiger partial charge in [-0.05, 0) is 30.3 Å². The minimum atomic E-state index is 0. The number of piperazine rings is 1. The molecule has 0 radical (unpaired) electrons. The number of rotatable bonds is 4. The zero-order valence-electron chi connectivity index (χ0n) is 16.1. The number of anilines is 1. The lowest BCUT2D eigenvalue weighted by Gasteiger charge is -2.38. The number of phenolic OH excluding ortho intramolecular Hbond substituents is 1. The average molecular weight is 517 g/mol. The molecule has 1 aliphatic rings. The summed E-state index contributed by atoms with van der Waals surface area (Å²) in [7, 11) is 3.38. The van der Waals surface area contributed by atoms with E-state index in [0.717, 1.165) is 48.4 Å². The van der Waals surface area contributed by atoms with E-state index in [9.17, 15) is 5.11 Å². The first-order chi connectivity index (χ1) is 13.1. The number of hydrogen-bond donors (Lipinski definition) is 2. The van der Waals surface area contributed by atoms with E-state index in [4.69, 9.17) is 16.3 Å². The van der Waals surface area contributed by atoms with Crippen molar-refractivity contribution in [3.05, 3.63) is 53.1 Å². The topological polar surface area (TPSA) is 60.3 Å². The van der Waals surface area contributed by atoms with Crippen LogP contribution in [-0.4, -0.2) is 56.3 Å². The predicted octanol–water partition coefficient (Wildman–Crippen LogP) is 3.57. The Labute approximate surface area is 188 Å². The second-order valence-electron chi connectivity index (χ2n) is 6.32. The molecule has 8 heteroatoms. The lowest BCUT2D eigenvalue weighted by atomic mass is 10.2. The van der Waals surface area contributed by atoms with Gasteiger partial charge in [-0.1, -0.05) is 23.7 Å². The number of nitrogens with zero attached hydrogens (tertiary/aromatic N) is 3. The third kappa shape index (κ3) is 5.35. The van der Waals surface area contributed by atoms with Crippen LogP contribution in [0.15, 0.2) is 47.5 Å². The van der Waals surface area contributed by atoms with E-state index in [0.29, 0.717) is 12.3 Å². The van der Waals surface area contributed by atoms with E-state index < -0.39 is 0 Å². The van der Waals surface area contributed by atoms with Crippen LogP contribution in [0.5, 0.6) is 11.5 Å². The van der Waals surface area contributed by atoms with E-state index in [1.165, 1.54) is 0 Å². The second kappa shape index (κ2) is 10.6. The Morgan fingerprint density at radius 1 is 1.18 bits per heavy atom. The van der Waals surface area contributed by atoms with Crippen molar-refractivity contribution in [2.75, 3.05) is 45.2 Å². The number of aromatic hydroxyl groups is 1. The molecule has 1 fully saturated rings. The standard InChI is InChI=1S/C20H25ClN4O2.HI/c1-22-20(23-14-15-13-16(27-2)7-8-19(15)26)25-11-9-24(10-12-25)18-6-4-3-5-17(18)21;/h3-8,13,26H,9-12,14H2,1-2H3,(H,22,23);1H. The summed E-state index contributed by atoms with van der Waals surface area (Å²) < 4.78 is 5.23. The molecule has 1 aliphatic heterocycles. The highest BCUT2D eigenvalue weighted by atomic mass is 127. The van der Waals surface area contributed by atoms with Gasteiger partial charge >= 0.3 is 0 Å². The molecule has 3 rings (SSSR count). The molecule has 6 nitrogen and oxygen atoms in total. The molecular formula is C20H26ClIN4O2. The van der Waals surface area contributed by atoms with E-state index in [1.54, 1.807) is 26.3 Å². The fourth-order valence-electron chi connectivity index (χ4n) is 3.20. The van der Waals surface area contributed by atoms with Crippen molar-refractivity contribution in [3.63, 3.8) is 0 Å². The molecule has 0 aromatic heterocycles. The molecular weight excluding hydrogens is 491 g/mol. The summed E-state index contributed by atoms with van der Waals surface area (Å²) in [4.78, 5) is 8.89. The first-order valence-electron chi connectivity index (χ1n) is 8.93. The van der Waals surface area contributed by atoms with Crippen LogP contribution in [0, 0.1) is 0 Å². The molecule has 0 saturated carbocycles. The summed E-state index contributed by atoms with van der Waals surface area (Å²) >= 11 is 6.32. The molecule has 1 saturated heterocycles. The molecule has 0 bridgehead atoms. The second-order valence-corrected chi connectivity index (χ2v) is 6.73. The van der Waals surface area contributed by atoms with Crippen molar-refractivity contribution < 1.29 is 9.84 Å². The van der Waals surface area contributed by atoms with Gasteiger partial charge < -0.3 is 25.0 Å². The summed E-state index contributed by atoms with van der Waals surface area (Å²) in [6.45, 7) is 3.90. The quantitative estimate of drug-likeness (QED) is 0.370. The molecule has 0 atom stereocenters. The first kappa shape index (κ1) is 22.4. The Kier molecular flexibility index (Phi) is 8.50. The van der Waals surface area contributed by atoms with Gasteiger partial charge in [-0.2, -0.15) is 0 Å². The Bertz CT molecular complexity index is 811. The van der Waals surface area contributed by atoms with Gasteiger partial charge in [0.15, 0.2) is 5.96 Å². The Hall–Kier alpha value is -1.87. The monoisotopic (exact) mass is 516 g/mol. The van der Waals surface area contributed by atoms with Crippen LogP contribution < -0.4 is 15.0 Å². The highest BCUT2D eigenvalue weighted by molar-refractivity contribution is 14.0. The highest BCUT2D eigenvalue weighted by Crippen LogP contribution is 2.26. The van der Waals surface area contributed by atoms with Crippen LogP contribution in [-0.2, 0) is 6.54 Å². The number of methoxy groups -OCH3 is 1. The number of halogens is 2. The van der Waals surface area contributed by atoms with Crippen LogP contribution in [0.3, 0.4) is 0 Å². The minimum absolute atomic E-state index is 0. The summed E-state index contributed by atoms with van der Waals surface area (Å²) in [6, 6.07) is 13.1. The first-order valence-corrected chi connectivity index (χ1v) is 9.31. The normalized spacial score (nSPS) is 14.5. The lowest BCUT2D eigenvalue weighted by Crippen LogP contribution is -2.52. The molecule has 0 spiro atoms. The van der Waals surface area contributed by atoms with E-state index >= 15 is 0 Å². The zero-order valence-corrected chi connectivity index (χ0v) is 19.1. The molecule has 0 aliphatic carbocycles. The molecule has 2 aromatic carbocycles. The maximum atomic E-state index is 10.0. The molecule has 152 valence electrons. The van der Waals surface area contributed by atoms with E-state index in [2.05, 4.69) is 26.2 Å². The van der Waals surface area contributed by atoms with Gasteiger partial charge in [-0.15, -0.1) is 24.0 Å². The lowest BCUT2D eigenvalue weighted by molar-refractivity contribution is 0.371. The Morgan fingerprint density at radius 2 is 1.89 bits per heavy atom. The highest BCUT2D eigenvalue weighted by Gasteiger charge is 2.21. The zero-order chi connectivity index (χ0) is 19.2. The van der Waals surface area contributed by atoms with E-state index in [-0.39, 0.29) is 29.7 Å². The van der Waals surface area contributed by atoms with Crippen LogP contribution in [0.25, 0.3) is 0 Å². The van der Waals surface area contributed by atoms with Crippen molar-refractivity contribution in [2.45, 2.75) is 6.54 Å². The van der Waals surface area contributed by atoms with Gasteiger partial charge in [0.25, 0.3) is 0 Å². The fourth-order valence-corrected chi connectivity index (χ4v) is 3.46. The predicted molar refractivity (Wildman–Crippen MR) is 126 cm³/mol. The van der Waals surface area contributed by atoms with Crippen molar-refractivity contribution >= 4 is 47.2 Å². The Balaban J connectivity index is 0.00000280. The smallest absolute Gasteiger partial charge is 0.194 e. The van der Waals surface area contributed by atoms with Crippen LogP contribution in [0.1, 0.15) is 5.56 Å². The number of para-hydroxylation sites is 1. The SMILES string of the molecule is CN=C(NCc1cc(OC)ccc1O)N1CCN(c2ccccc2Cl)CC1.I. The minimum Gasteiger partial charge on any atom is -0.508 e. The molecule has 0 unspecified atom stereocenters. The fraction of sp³-hybridized carbons (Fsp3) is 0.350. The largest absolute Gasteiger partial charge is 0.508 e. The van der Waals surface area contributed by atoms with Gasteiger partial charge in [0.2, 0.25) is 0 Å². The van der Waals surface area contributed by atoms with Gasteiger partial charge in [0.05, 0.1) is 17.8 Å². The van der Waals surface area contributed by atoms with Crippen molar-refractivity contribution in [1.82, 2.24) is 10.2 Å². The number of benzene rings is 2. The van der Waals surface area contributed by atoms with Crippen LogP contribution in [0.2, 0.25) is 5.02 Å². The molecule has 2 N–H and O–H groups in total. The molecule has 1 heterocycles. The van der Waals surface area contributed by atoms with Crippen molar-refractivity contribution in [3.8, 4) is 11.5 Å². The molecule has 2 aromatic rings. The van der Waals surface area contributed by atoms with Gasteiger partial charge in [0.1, 0.15) is 11.5 Å². The number of aliphatic imine (C=N–C) groups is 1. The maximum absolute atomic E-state index is 10.0. The van der Waals surface area contributed by atoms with Crippen molar-refractivity contribution in [1.29, 1.82) is 0 Å².